The van der Waals surface area contributed by atoms with Crippen LogP contribution in [0.15, 0.2) is 46.9 Å². The zero-order valence-corrected chi connectivity index (χ0v) is 12.2. The highest BCUT2D eigenvalue weighted by Gasteiger charge is 2.20. The van der Waals surface area contributed by atoms with Gasteiger partial charge in [0.25, 0.3) is 5.91 Å². The van der Waals surface area contributed by atoms with Gasteiger partial charge in [0, 0.05) is 18.7 Å². The van der Waals surface area contributed by atoms with Crippen molar-refractivity contribution in [3.63, 3.8) is 0 Å². The van der Waals surface area contributed by atoms with Gasteiger partial charge in [-0.25, -0.2) is 0 Å². The maximum Gasteiger partial charge on any atom is 0.294 e. The van der Waals surface area contributed by atoms with Crippen molar-refractivity contribution in [2.75, 3.05) is 11.4 Å². The van der Waals surface area contributed by atoms with E-state index in [1.165, 1.54) is 6.07 Å². The minimum Gasteiger partial charge on any atom is -0.440 e. The van der Waals surface area contributed by atoms with E-state index in [1.807, 2.05) is 30.3 Å². The van der Waals surface area contributed by atoms with Gasteiger partial charge in [0.15, 0.2) is 11.0 Å². The topological polar surface area (TPSA) is 59.5 Å². The number of furan rings is 1. The molecule has 0 saturated heterocycles. The van der Waals surface area contributed by atoms with Crippen LogP contribution in [0, 0.1) is 0 Å². The highest BCUT2D eigenvalue weighted by Crippen LogP contribution is 2.20. The van der Waals surface area contributed by atoms with E-state index >= 15 is 0 Å². The summed E-state index contributed by atoms with van der Waals surface area (Å²) in [6.07, 6.45) is 0.435. The standard InChI is InChI=1S/C14H13ClN2O2S/c15-12-7-6-11(19-12)14(18)17(9-8-13(16)20)10-4-2-1-3-5-10/h1-7H,8-9H2,(H2,16,20). The van der Waals surface area contributed by atoms with Crippen molar-refractivity contribution in [1.82, 2.24) is 0 Å². The first kappa shape index (κ1) is 14.6. The lowest BCUT2D eigenvalue weighted by molar-refractivity contribution is 0.0961. The summed E-state index contributed by atoms with van der Waals surface area (Å²) >= 11 is 10.6. The number of carbonyl (C=O) groups is 1. The lowest BCUT2D eigenvalue weighted by Crippen LogP contribution is -2.33. The van der Waals surface area contributed by atoms with Crippen molar-refractivity contribution in [2.45, 2.75) is 6.42 Å². The molecule has 6 heteroatoms. The first-order valence-electron chi connectivity index (χ1n) is 5.98. The fraction of sp³-hybridized carbons (Fsp3) is 0.143. The molecule has 0 aliphatic rings. The van der Waals surface area contributed by atoms with Gasteiger partial charge in [-0.05, 0) is 35.9 Å². The van der Waals surface area contributed by atoms with E-state index in [4.69, 9.17) is 34.0 Å². The number of para-hydroxylation sites is 1. The minimum atomic E-state index is -0.278. The van der Waals surface area contributed by atoms with E-state index in [0.717, 1.165) is 5.69 Å². The number of rotatable bonds is 5. The van der Waals surface area contributed by atoms with Crippen molar-refractivity contribution < 1.29 is 9.21 Å². The first-order chi connectivity index (χ1) is 9.58. The van der Waals surface area contributed by atoms with Crippen LogP contribution in [0.4, 0.5) is 5.69 Å². The highest BCUT2D eigenvalue weighted by atomic mass is 35.5. The number of carbonyl (C=O) groups excluding carboxylic acids is 1. The molecule has 1 aromatic heterocycles. The molecule has 0 unspecified atom stereocenters. The zero-order valence-electron chi connectivity index (χ0n) is 10.6. The highest BCUT2D eigenvalue weighted by molar-refractivity contribution is 7.80. The molecule has 0 aliphatic heterocycles. The largest absolute Gasteiger partial charge is 0.440 e. The Hall–Kier alpha value is -1.85. The number of thiocarbonyl (C=S) groups is 1. The van der Waals surface area contributed by atoms with E-state index in [2.05, 4.69) is 0 Å². The molecule has 20 heavy (non-hydrogen) atoms. The van der Waals surface area contributed by atoms with Gasteiger partial charge in [-0.3, -0.25) is 4.79 Å². The number of nitrogens with two attached hydrogens (primary N) is 1. The summed E-state index contributed by atoms with van der Waals surface area (Å²) in [6, 6.07) is 12.3. The average Bonchev–Trinajstić information content (AvgIpc) is 2.86. The molecule has 104 valence electrons. The van der Waals surface area contributed by atoms with Crippen LogP contribution < -0.4 is 10.6 Å². The molecule has 0 saturated carbocycles. The molecule has 1 amide bonds. The molecule has 0 fully saturated rings. The Morgan fingerprint density at radius 2 is 1.95 bits per heavy atom. The Balaban J connectivity index is 2.26. The number of anilines is 1. The fourth-order valence-electron chi connectivity index (χ4n) is 1.74. The number of amides is 1. The quantitative estimate of drug-likeness (QED) is 0.861. The van der Waals surface area contributed by atoms with Crippen molar-refractivity contribution in [3.8, 4) is 0 Å². The van der Waals surface area contributed by atoms with Gasteiger partial charge in [0.2, 0.25) is 0 Å². The third-order valence-electron chi connectivity index (χ3n) is 2.68. The molecule has 0 radical (unpaired) electrons. The number of hydrogen-bond acceptors (Lipinski definition) is 3. The van der Waals surface area contributed by atoms with Gasteiger partial charge in [-0.2, -0.15) is 0 Å². The number of hydrogen-bond donors (Lipinski definition) is 1. The molecule has 0 atom stereocenters. The van der Waals surface area contributed by atoms with Gasteiger partial charge in [-0.1, -0.05) is 30.4 Å². The van der Waals surface area contributed by atoms with Crippen LogP contribution in [-0.2, 0) is 0 Å². The third-order valence-corrected chi connectivity index (χ3v) is 3.09. The molecule has 2 N–H and O–H groups in total. The van der Waals surface area contributed by atoms with Gasteiger partial charge in [-0.15, -0.1) is 0 Å². The normalized spacial score (nSPS) is 10.2. The molecular weight excluding hydrogens is 296 g/mol. The predicted molar refractivity (Wildman–Crippen MR) is 83.2 cm³/mol. The first-order valence-corrected chi connectivity index (χ1v) is 6.77. The average molecular weight is 309 g/mol. The van der Waals surface area contributed by atoms with Gasteiger partial charge < -0.3 is 15.1 Å². The van der Waals surface area contributed by atoms with Gasteiger partial charge >= 0.3 is 0 Å². The summed E-state index contributed by atoms with van der Waals surface area (Å²) < 4.78 is 5.16. The van der Waals surface area contributed by atoms with E-state index in [-0.39, 0.29) is 16.9 Å². The second-order valence-electron chi connectivity index (χ2n) is 4.11. The van der Waals surface area contributed by atoms with Crippen LogP contribution in [-0.4, -0.2) is 17.4 Å². The fourth-order valence-corrected chi connectivity index (χ4v) is 1.98. The SMILES string of the molecule is NC(=S)CCN(C(=O)c1ccc(Cl)o1)c1ccccc1. The van der Waals surface area contributed by atoms with Crippen molar-refractivity contribution in [1.29, 1.82) is 0 Å². The van der Waals surface area contributed by atoms with Gasteiger partial charge in [0.05, 0.1) is 4.99 Å². The zero-order chi connectivity index (χ0) is 14.5. The van der Waals surface area contributed by atoms with Gasteiger partial charge in [0.1, 0.15) is 0 Å². The maximum atomic E-state index is 12.5. The van der Waals surface area contributed by atoms with Crippen LogP contribution in [0.3, 0.4) is 0 Å². The number of benzene rings is 1. The van der Waals surface area contributed by atoms with E-state index in [9.17, 15) is 4.79 Å². The second kappa shape index (κ2) is 6.54. The number of halogens is 1. The van der Waals surface area contributed by atoms with E-state index in [1.54, 1.807) is 11.0 Å². The summed E-state index contributed by atoms with van der Waals surface area (Å²) in [6.45, 7) is 0.385. The summed E-state index contributed by atoms with van der Waals surface area (Å²) in [5.41, 5.74) is 6.26. The Morgan fingerprint density at radius 3 is 2.50 bits per heavy atom. The Kier molecular flexibility index (Phi) is 4.76. The molecule has 2 aromatic rings. The maximum absolute atomic E-state index is 12.5. The van der Waals surface area contributed by atoms with E-state index < -0.39 is 0 Å². The summed E-state index contributed by atoms with van der Waals surface area (Å²) in [5.74, 6) is -0.0962. The Morgan fingerprint density at radius 1 is 1.25 bits per heavy atom. The summed E-state index contributed by atoms with van der Waals surface area (Å²) in [7, 11) is 0. The predicted octanol–water partition coefficient (Wildman–Crippen LogP) is 3.26. The minimum absolute atomic E-state index is 0.177. The lowest BCUT2D eigenvalue weighted by Gasteiger charge is -2.21. The lowest BCUT2D eigenvalue weighted by atomic mass is 10.2. The van der Waals surface area contributed by atoms with Crippen LogP contribution in [0.5, 0.6) is 0 Å². The van der Waals surface area contributed by atoms with Crippen LogP contribution in [0.2, 0.25) is 5.22 Å². The van der Waals surface area contributed by atoms with Crippen LogP contribution >= 0.6 is 23.8 Å². The molecule has 1 aromatic carbocycles. The second-order valence-corrected chi connectivity index (χ2v) is 5.01. The van der Waals surface area contributed by atoms with E-state index in [0.29, 0.717) is 18.0 Å². The summed E-state index contributed by atoms with van der Waals surface area (Å²) in [4.78, 5) is 14.4. The molecule has 0 bridgehead atoms. The Labute approximate surface area is 127 Å². The van der Waals surface area contributed by atoms with Crippen molar-refractivity contribution in [3.05, 3.63) is 53.4 Å². The third kappa shape index (κ3) is 3.59. The molecule has 0 spiro atoms. The molecule has 2 rings (SSSR count). The smallest absolute Gasteiger partial charge is 0.294 e. The summed E-state index contributed by atoms with van der Waals surface area (Å²) in [5, 5.41) is 0.177. The molecular formula is C14H13ClN2O2S. The van der Waals surface area contributed by atoms with Crippen molar-refractivity contribution in [2.24, 2.45) is 5.73 Å². The Bertz CT molecular complexity index is 613. The molecule has 0 aliphatic carbocycles. The van der Waals surface area contributed by atoms with Crippen LogP contribution in [0.1, 0.15) is 17.0 Å². The number of nitrogens with zero attached hydrogens (tertiary/aromatic N) is 1. The molecule has 4 nitrogen and oxygen atoms in total. The monoisotopic (exact) mass is 308 g/mol. The van der Waals surface area contributed by atoms with Crippen LogP contribution in [0.25, 0.3) is 0 Å². The molecule has 1 heterocycles. The van der Waals surface area contributed by atoms with Crippen molar-refractivity contribution >= 4 is 40.4 Å².